The van der Waals surface area contributed by atoms with Crippen LogP contribution in [0.3, 0.4) is 0 Å². The number of carbonyl (C=O) groups excluding carboxylic acids is 1. The lowest BCUT2D eigenvalue weighted by Gasteiger charge is -2.38. The van der Waals surface area contributed by atoms with Crippen molar-refractivity contribution in [2.45, 2.75) is 18.9 Å². The number of amides is 1. The minimum absolute atomic E-state index is 0.127. The zero-order valence-electron chi connectivity index (χ0n) is 10.0. The number of piperidine rings is 1. The molecule has 0 aliphatic carbocycles. The highest BCUT2D eigenvalue weighted by Crippen LogP contribution is 2.35. The molecule has 2 atom stereocenters. The summed E-state index contributed by atoms with van der Waals surface area (Å²) in [6, 6.07) is 6.21. The van der Waals surface area contributed by atoms with E-state index in [1.165, 1.54) is 0 Å². The van der Waals surface area contributed by atoms with Gasteiger partial charge in [0.15, 0.2) is 0 Å². The van der Waals surface area contributed by atoms with E-state index in [0.29, 0.717) is 0 Å². The van der Waals surface area contributed by atoms with E-state index in [0.717, 1.165) is 41.8 Å². The number of nitrogens with two attached hydrogens (primary N) is 1. The highest BCUT2D eigenvalue weighted by Gasteiger charge is 2.41. The number of nitrogens with one attached hydrogen (secondary N) is 1. The van der Waals surface area contributed by atoms with Gasteiger partial charge in [0, 0.05) is 17.6 Å². The molecule has 2 fully saturated rings. The Hall–Kier alpha value is -1.23. The van der Waals surface area contributed by atoms with Crippen LogP contribution in [-0.2, 0) is 4.79 Å². The van der Waals surface area contributed by atoms with Crippen molar-refractivity contribution in [3.05, 3.63) is 22.7 Å². The topological polar surface area (TPSA) is 58.4 Å². The number of fused-ring (bicyclic) bond motifs is 1. The van der Waals surface area contributed by atoms with Gasteiger partial charge in [-0.2, -0.15) is 0 Å². The number of hydrogen-bond acceptors (Lipinski definition) is 3. The van der Waals surface area contributed by atoms with Crippen molar-refractivity contribution in [1.29, 1.82) is 0 Å². The van der Waals surface area contributed by atoms with Crippen molar-refractivity contribution < 1.29 is 4.79 Å². The molecule has 0 radical (unpaired) electrons. The molecule has 2 saturated heterocycles. The lowest BCUT2D eigenvalue weighted by atomic mass is 9.91. The molecule has 2 aliphatic heterocycles. The Balaban J connectivity index is 1.93. The maximum Gasteiger partial charge on any atom is 0.225 e. The minimum Gasteiger partial charge on any atom is -0.397 e. The Morgan fingerprint density at radius 1 is 1.44 bits per heavy atom. The molecule has 0 bridgehead atoms. The van der Waals surface area contributed by atoms with Gasteiger partial charge in [-0.15, -0.1) is 0 Å². The fourth-order valence-electron chi connectivity index (χ4n) is 3.04. The molecule has 1 aromatic rings. The van der Waals surface area contributed by atoms with Crippen molar-refractivity contribution in [3.8, 4) is 0 Å². The Labute approximate surface area is 115 Å². The number of rotatable bonds is 1. The van der Waals surface area contributed by atoms with E-state index in [9.17, 15) is 4.79 Å². The summed E-state index contributed by atoms with van der Waals surface area (Å²) in [6.45, 7) is 1.71. The average Bonchev–Trinajstić information content (AvgIpc) is 2.72. The third-order valence-corrected chi connectivity index (χ3v) is 4.39. The number of carbonyl (C=O) groups is 1. The number of nitrogens with zero attached hydrogens (tertiary/aromatic N) is 1. The predicted molar refractivity (Wildman–Crippen MR) is 75.4 cm³/mol. The van der Waals surface area contributed by atoms with Crippen LogP contribution in [0.5, 0.6) is 0 Å². The van der Waals surface area contributed by atoms with E-state index in [1.54, 1.807) is 0 Å². The predicted octanol–water partition coefficient (Wildman–Crippen LogP) is 1.75. The van der Waals surface area contributed by atoms with Crippen LogP contribution in [0, 0.1) is 5.92 Å². The van der Waals surface area contributed by atoms with Gasteiger partial charge in [0.1, 0.15) is 0 Å². The normalized spacial score (nSPS) is 26.9. The van der Waals surface area contributed by atoms with Gasteiger partial charge < -0.3 is 16.0 Å². The van der Waals surface area contributed by atoms with Gasteiger partial charge in [-0.3, -0.25) is 4.79 Å². The molecule has 4 nitrogen and oxygen atoms in total. The van der Waals surface area contributed by atoms with E-state index in [1.807, 2.05) is 18.2 Å². The van der Waals surface area contributed by atoms with Crippen LogP contribution in [0.15, 0.2) is 22.7 Å². The summed E-state index contributed by atoms with van der Waals surface area (Å²) in [5.41, 5.74) is 7.91. The molecule has 0 aromatic heterocycles. The smallest absolute Gasteiger partial charge is 0.225 e. The number of benzene rings is 1. The molecule has 2 aliphatic rings. The van der Waals surface area contributed by atoms with E-state index in [-0.39, 0.29) is 17.9 Å². The summed E-state index contributed by atoms with van der Waals surface area (Å²) >= 11 is 3.42. The molecule has 1 aromatic carbocycles. The first kappa shape index (κ1) is 11.8. The molecule has 96 valence electrons. The summed E-state index contributed by atoms with van der Waals surface area (Å²) < 4.78 is 0.984. The van der Waals surface area contributed by atoms with Crippen molar-refractivity contribution in [3.63, 3.8) is 0 Å². The number of hydrogen-bond donors (Lipinski definition) is 2. The second-order valence-corrected chi connectivity index (χ2v) is 5.87. The maximum absolute atomic E-state index is 11.7. The third-order valence-electron chi connectivity index (χ3n) is 3.90. The zero-order chi connectivity index (χ0) is 12.7. The molecule has 3 N–H and O–H groups in total. The fourth-order valence-corrected chi connectivity index (χ4v) is 3.42. The van der Waals surface area contributed by atoms with Crippen molar-refractivity contribution in [2.75, 3.05) is 23.7 Å². The molecule has 5 heteroatoms. The van der Waals surface area contributed by atoms with Crippen LogP contribution in [0.1, 0.15) is 12.8 Å². The SMILES string of the molecule is Nc1cc(Br)ccc1N1CCCC2C(=O)NCC21. The molecular weight excluding hydrogens is 294 g/mol. The van der Waals surface area contributed by atoms with Crippen molar-refractivity contribution in [2.24, 2.45) is 5.92 Å². The summed E-state index contributed by atoms with van der Waals surface area (Å²) in [6.07, 6.45) is 2.04. The third kappa shape index (κ3) is 1.86. The van der Waals surface area contributed by atoms with Crippen LogP contribution < -0.4 is 16.0 Å². The van der Waals surface area contributed by atoms with Crippen LogP contribution in [0.2, 0.25) is 0 Å². The molecule has 3 rings (SSSR count). The Morgan fingerprint density at radius 3 is 3.06 bits per heavy atom. The first-order valence-electron chi connectivity index (χ1n) is 6.26. The van der Waals surface area contributed by atoms with Gasteiger partial charge in [0.05, 0.1) is 23.3 Å². The lowest BCUT2D eigenvalue weighted by molar-refractivity contribution is -0.122. The van der Waals surface area contributed by atoms with Gasteiger partial charge >= 0.3 is 0 Å². The highest BCUT2D eigenvalue weighted by atomic mass is 79.9. The minimum atomic E-state index is 0.127. The Bertz CT molecular complexity index is 491. The largest absolute Gasteiger partial charge is 0.397 e. The second kappa shape index (κ2) is 4.46. The van der Waals surface area contributed by atoms with E-state index >= 15 is 0 Å². The number of halogens is 1. The number of anilines is 2. The van der Waals surface area contributed by atoms with Gasteiger partial charge in [0.25, 0.3) is 0 Å². The number of nitrogen functional groups attached to an aromatic ring is 1. The standard InChI is InChI=1S/C13H16BrN3O/c14-8-3-4-11(10(15)6-8)17-5-1-2-9-12(17)7-16-13(9)18/h3-4,6,9,12H,1-2,5,7,15H2,(H,16,18). The molecule has 0 saturated carbocycles. The van der Waals surface area contributed by atoms with Crippen molar-refractivity contribution in [1.82, 2.24) is 5.32 Å². The van der Waals surface area contributed by atoms with Crippen molar-refractivity contribution >= 4 is 33.2 Å². The monoisotopic (exact) mass is 309 g/mol. The molecule has 0 spiro atoms. The van der Waals surface area contributed by atoms with Gasteiger partial charge in [-0.1, -0.05) is 15.9 Å². The molecule has 2 heterocycles. The summed E-state index contributed by atoms with van der Waals surface area (Å²) in [7, 11) is 0. The highest BCUT2D eigenvalue weighted by molar-refractivity contribution is 9.10. The molecule has 1 amide bonds. The lowest BCUT2D eigenvalue weighted by Crippen LogP contribution is -2.45. The summed E-state index contributed by atoms with van der Waals surface area (Å²) in [5, 5.41) is 2.96. The summed E-state index contributed by atoms with van der Waals surface area (Å²) in [5.74, 6) is 0.321. The van der Waals surface area contributed by atoms with Gasteiger partial charge in [-0.05, 0) is 31.0 Å². The van der Waals surface area contributed by atoms with Crippen LogP contribution in [0.4, 0.5) is 11.4 Å². The molecule has 2 unspecified atom stereocenters. The molecule has 18 heavy (non-hydrogen) atoms. The second-order valence-electron chi connectivity index (χ2n) is 4.96. The van der Waals surface area contributed by atoms with Crippen LogP contribution in [0.25, 0.3) is 0 Å². The van der Waals surface area contributed by atoms with E-state index in [2.05, 4.69) is 26.1 Å². The van der Waals surface area contributed by atoms with Crippen LogP contribution in [-0.4, -0.2) is 25.0 Å². The Morgan fingerprint density at radius 2 is 2.28 bits per heavy atom. The fraction of sp³-hybridized carbons (Fsp3) is 0.462. The first-order valence-corrected chi connectivity index (χ1v) is 7.05. The average molecular weight is 310 g/mol. The van der Waals surface area contributed by atoms with Gasteiger partial charge in [0.2, 0.25) is 5.91 Å². The van der Waals surface area contributed by atoms with Crippen LogP contribution >= 0.6 is 15.9 Å². The maximum atomic E-state index is 11.7. The first-order chi connectivity index (χ1) is 8.66. The summed E-state index contributed by atoms with van der Waals surface area (Å²) in [4.78, 5) is 14.0. The van der Waals surface area contributed by atoms with E-state index < -0.39 is 0 Å². The Kier molecular flexibility index (Phi) is 2.93. The van der Waals surface area contributed by atoms with E-state index in [4.69, 9.17) is 5.73 Å². The molecular formula is C13H16BrN3O. The zero-order valence-corrected chi connectivity index (χ0v) is 11.6. The van der Waals surface area contributed by atoms with Gasteiger partial charge in [-0.25, -0.2) is 0 Å². The quantitative estimate of drug-likeness (QED) is 0.777.